The van der Waals surface area contributed by atoms with E-state index in [1.165, 1.54) is 51.0 Å². The van der Waals surface area contributed by atoms with Crippen LogP contribution in [0.1, 0.15) is 82.3 Å². The van der Waals surface area contributed by atoms with Crippen molar-refractivity contribution in [3.63, 3.8) is 0 Å². The minimum Gasteiger partial charge on any atom is -0.507 e. The molecule has 232 valence electrons. The van der Waals surface area contributed by atoms with E-state index in [4.69, 9.17) is 24.4 Å². The molecule has 0 unspecified atom stereocenters. The molecule has 0 fully saturated rings. The van der Waals surface area contributed by atoms with Crippen LogP contribution in [0, 0.1) is 13.8 Å². The third-order valence-corrected chi connectivity index (χ3v) is 7.56. The number of aromatic nitrogens is 3. The Morgan fingerprint density at radius 3 is 1.73 bits per heavy atom. The van der Waals surface area contributed by atoms with Gasteiger partial charge in [0.1, 0.15) is 24.7 Å². The summed E-state index contributed by atoms with van der Waals surface area (Å²) < 4.78 is 11.1. The number of phenols is 1. The van der Waals surface area contributed by atoms with Gasteiger partial charge in [0.2, 0.25) is 0 Å². The lowest BCUT2D eigenvalue weighted by atomic mass is 10.1. The normalized spacial score (nSPS) is 11.0. The largest absolute Gasteiger partial charge is 0.507 e. The Morgan fingerprint density at radius 1 is 0.659 bits per heavy atom. The number of esters is 1. The predicted octanol–water partition coefficient (Wildman–Crippen LogP) is 9.04. The highest BCUT2D eigenvalue weighted by atomic mass is 16.6. The summed E-state index contributed by atoms with van der Waals surface area (Å²) in [4.78, 5) is 26.2. The highest BCUT2D eigenvalue weighted by Gasteiger charge is 2.15. The topological polar surface area (TPSA) is 94.4 Å². The molecule has 7 heteroatoms. The maximum atomic E-state index is 12.1. The van der Waals surface area contributed by atoms with Crippen molar-refractivity contribution in [2.24, 2.45) is 0 Å². The van der Waals surface area contributed by atoms with Crippen LogP contribution in [0.5, 0.6) is 11.5 Å². The van der Waals surface area contributed by atoms with Gasteiger partial charge < -0.3 is 14.6 Å². The van der Waals surface area contributed by atoms with Crippen molar-refractivity contribution in [3.05, 3.63) is 77.9 Å². The van der Waals surface area contributed by atoms with Crippen molar-refractivity contribution in [2.75, 3.05) is 13.2 Å². The van der Waals surface area contributed by atoms with E-state index in [0.29, 0.717) is 35.2 Å². The first kappa shape index (κ1) is 32.6. The number of benzene rings is 3. The van der Waals surface area contributed by atoms with Gasteiger partial charge in [-0.1, -0.05) is 118 Å². The number of phenolic OH excluding ortho intramolecular Hbond substituents is 1. The molecule has 0 aliphatic carbocycles. The SMILES string of the molecule is CCCCCCCCCCCC(=O)OCCOc1ccc(-c2nc(-c3ccc(C)cc3)nc(-c3ccc(C)cc3)n2)c(O)c1. The zero-order valence-corrected chi connectivity index (χ0v) is 26.3. The van der Waals surface area contributed by atoms with E-state index in [-0.39, 0.29) is 24.9 Å². The summed E-state index contributed by atoms with van der Waals surface area (Å²) in [7, 11) is 0. The molecule has 0 spiro atoms. The number of ether oxygens (including phenoxy) is 2. The summed E-state index contributed by atoms with van der Waals surface area (Å²) >= 11 is 0. The molecule has 44 heavy (non-hydrogen) atoms. The summed E-state index contributed by atoms with van der Waals surface area (Å²) in [5.41, 5.74) is 4.47. The van der Waals surface area contributed by atoms with Crippen molar-refractivity contribution in [2.45, 2.75) is 85.0 Å². The molecule has 0 radical (unpaired) electrons. The fourth-order valence-electron chi connectivity index (χ4n) is 4.92. The summed E-state index contributed by atoms with van der Waals surface area (Å²) in [5, 5.41) is 10.9. The lowest BCUT2D eigenvalue weighted by Crippen LogP contribution is -2.12. The fourth-order valence-corrected chi connectivity index (χ4v) is 4.92. The summed E-state index contributed by atoms with van der Waals surface area (Å²) in [6.07, 6.45) is 11.3. The van der Waals surface area contributed by atoms with Crippen LogP contribution in [0.15, 0.2) is 66.7 Å². The van der Waals surface area contributed by atoms with Crippen LogP contribution in [0.3, 0.4) is 0 Å². The number of aromatic hydroxyl groups is 1. The third kappa shape index (κ3) is 10.2. The van der Waals surface area contributed by atoms with Gasteiger partial charge in [-0.25, -0.2) is 15.0 Å². The zero-order chi connectivity index (χ0) is 31.1. The summed E-state index contributed by atoms with van der Waals surface area (Å²) in [6, 6.07) is 21.0. The second-order valence-corrected chi connectivity index (χ2v) is 11.4. The average Bonchev–Trinajstić information content (AvgIpc) is 3.03. The molecule has 0 bridgehead atoms. The molecule has 4 rings (SSSR count). The van der Waals surface area contributed by atoms with Crippen molar-refractivity contribution in [3.8, 4) is 45.7 Å². The van der Waals surface area contributed by atoms with E-state index in [9.17, 15) is 9.90 Å². The minimum atomic E-state index is -0.196. The maximum Gasteiger partial charge on any atom is 0.305 e. The van der Waals surface area contributed by atoms with E-state index in [0.717, 1.165) is 35.1 Å². The van der Waals surface area contributed by atoms with Gasteiger partial charge in [0.15, 0.2) is 17.5 Å². The molecule has 0 saturated heterocycles. The molecule has 1 aromatic heterocycles. The molecule has 0 saturated carbocycles. The second kappa shape index (κ2) is 17.1. The number of carbonyl (C=O) groups excluding carboxylic acids is 1. The van der Waals surface area contributed by atoms with Gasteiger partial charge in [0, 0.05) is 23.6 Å². The molecule has 1 heterocycles. The summed E-state index contributed by atoms with van der Waals surface area (Å²) in [6.45, 7) is 6.65. The second-order valence-electron chi connectivity index (χ2n) is 11.4. The molecular formula is C37H45N3O4. The molecule has 4 aromatic rings. The Morgan fingerprint density at radius 2 is 1.18 bits per heavy atom. The van der Waals surface area contributed by atoms with E-state index < -0.39 is 0 Å². The smallest absolute Gasteiger partial charge is 0.305 e. The zero-order valence-electron chi connectivity index (χ0n) is 26.3. The van der Waals surface area contributed by atoms with Crippen molar-refractivity contribution >= 4 is 5.97 Å². The van der Waals surface area contributed by atoms with Crippen LogP contribution in [-0.4, -0.2) is 39.2 Å². The first-order valence-electron chi connectivity index (χ1n) is 15.9. The third-order valence-electron chi connectivity index (χ3n) is 7.56. The van der Waals surface area contributed by atoms with Crippen LogP contribution in [0.4, 0.5) is 0 Å². The lowest BCUT2D eigenvalue weighted by Gasteiger charge is -2.11. The number of hydrogen-bond donors (Lipinski definition) is 1. The number of rotatable bonds is 17. The Hall–Kier alpha value is -4.26. The predicted molar refractivity (Wildman–Crippen MR) is 176 cm³/mol. The van der Waals surface area contributed by atoms with Gasteiger partial charge in [-0.15, -0.1) is 0 Å². The standard InChI is InChI=1S/C37H45N3O4/c1-4-5-6-7-8-9-10-11-12-13-34(42)44-25-24-43-31-22-23-32(33(41)26-31)37-39-35(29-18-14-27(2)15-19-29)38-36(40-37)30-20-16-28(3)17-21-30/h14-23,26,41H,4-13,24-25H2,1-3H3. The molecular weight excluding hydrogens is 550 g/mol. The van der Waals surface area contributed by atoms with Crippen molar-refractivity contribution < 1.29 is 19.4 Å². The molecule has 7 nitrogen and oxygen atoms in total. The Kier molecular flexibility index (Phi) is 12.7. The minimum absolute atomic E-state index is 0.0132. The molecule has 3 aromatic carbocycles. The van der Waals surface area contributed by atoms with Gasteiger partial charge in [0.05, 0.1) is 5.56 Å². The Labute approximate surface area is 261 Å². The van der Waals surface area contributed by atoms with Gasteiger partial charge in [-0.2, -0.15) is 0 Å². The molecule has 1 N–H and O–H groups in total. The fraction of sp³-hybridized carbons (Fsp3) is 0.405. The number of nitrogens with zero attached hydrogens (tertiary/aromatic N) is 3. The molecule has 0 aliphatic heterocycles. The first-order valence-corrected chi connectivity index (χ1v) is 15.9. The molecule has 0 aliphatic rings. The van der Waals surface area contributed by atoms with Crippen LogP contribution in [-0.2, 0) is 9.53 Å². The van der Waals surface area contributed by atoms with Crippen LogP contribution in [0.25, 0.3) is 34.2 Å². The van der Waals surface area contributed by atoms with Gasteiger partial charge in [-0.05, 0) is 32.4 Å². The van der Waals surface area contributed by atoms with Gasteiger partial charge in [-0.3, -0.25) is 4.79 Å². The number of aryl methyl sites for hydroxylation is 2. The lowest BCUT2D eigenvalue weighted by molar-refractivity contribution is -0.144. The number of carbonyl (C=O) groups is 1. The van der Waals surface area contributed by atoms with Gasteiger partial charge in [0.25, 0.3) is 0 Å². The molecule has 0 amide bonds. The van der Waals surface area contributed by atoms with Crippen LogP contribution in [0.2, 0.25) is 0 Å². The maximum absolute atomic E-state index is 12.1. The van der Waals surface area contributed by atoms with E-state index >= 15 is 0 Å². The molecule has 0 atom stereocenters. The monoisotopic (exact) mass is 595 g/mol. The summed E-state index contributed by atoms with van der Waals surface area (Å²) in [5.74, 6) is 1.66. The van der Waals surface area contributed by atoms with Crippen LogP contribution < -0.4 is 4.74 Å². The number of unbranched alkanes of at least 4 members (excludes halogenated alkanes) is 8. The highest BCUT2D eigenvalue weighted by molar-refractivity contribution is 5.71. The number of hydrogen-bond acceptors (Lipinski definition) is 7. The Balaban J connectivity index is 1.32. The van der Waals surface area contributed by atoms with Crippen molar-refractivity contribution in [1.29, 1.82) is 0 Å². The van der Waals surface area contributed by atoms with E-state index in [2.05, 4.69) is 6.92 Å². The van der Waals surface area contributed by atoms with E-state index in [1.807, 2.05) is 62.4 Å². The average molecular weight is 596 g/mol. The Bertz CT molecular complexity index is 1410. The van der Waals surface area contributed by atoms with E-state index in [1.54, 1.807) is 12.1 Å². The van der Waals surface area contributed by atoms with Crippen LogP contribution >= 0.6 is 0 Å². The van der Waals surface area contributed by atoms with Gasteiger partial charge >= 0.3 is 5.97 Å². The quantitative estimate of drug-likeness (QED) is 0.0961. The van der Waals surface area contributed by atoms with Crippen molar-refractivity contribution in [1.82, 2.24) is 15.0 Å². The first-order chi connectivity index (χ1) is 21.4. The highest BCUT2D eigenvalue weighted by Crippen LogP contribution is 2.33.